The molecule has 0 saturated carbocycles. The molecule has 0 radical (unpaired) electrons. The summed E-state index contributed by atoms with van der Waals surface area (Å²) in [5, 5.41) is 4.83. The molecule has 1 N–H and O–H groups in total. The van der Waals surface area contributed by atoms with Gasteiger partial charge in [-0.3, -0.25) is 10.1 Å². The maximum atomic E-state index is 12.5. The van der Waals surface area contributed by atoms with Crippen molar-refractivity contribution in [3.8, 4) is 11.3 Å². The van der Waals surface area contributed by atoms with Crippen molar-refractivity contribution in [2.45, 2.75) is 6.42 Å². The van der Waals surface area contributed by atoms with E-state index in [9.17, 15) is 4.79 Å². The molecule has 1 amide bonds. The molecule has 0 saturated heterocycles. The summed E-state index contributed by atoms with van der Waals surface area (Å²) in [5.74, 6) is 0.316. The number of benzene rings is 2. The molecular weight excluding hydrogens is 451 g/mol. The van der Waals surface area contributed by atoms with Crippen LogP contribution in [0.2, 0.25) is 15.1 Å². The van der Waals surface area contributed by atoms with Gasteiger partial charge in [0, 0.05) is 28.1 Å². The Morgan fingerprint density at radius 2 is 1.83 bits per heavy atom. The fraction of sp³-hybridized carbons (Fsp3) is 0.0476. The number of carbonyl (C=O) groups excluding carboxylic acids is 1. The zero-order chi connectivity index (χ0) is 20.4. The van der Waals surface area contributed by atoms with Gasteiger partial charge in [0.15, 0.2) is 10.9 Å². The number of hydrogen-bond donors (Lipinski definition) is 1. The van der Waals surface area contributed by atoms with Crippen LogP contribution in [-0.2, 0) is 6.42 Å². The fourth-order valence-electron chi connectivity index (χ4n) is 2.70. The molecule has 0 aliphatic rings. The van der Waals surface area contributed by atoms with E-state index in [1.54, 1.807) is 36.5 Å². The van der Waals surface area contributed by atoms with E-state index >= 15 is 0 Å². The standard InChI is InChI=1S/C21H13Cl3N2O2S/c22-15-4-2-1-3-12(15)9-14-11-25-21(29-14)26-20(27)19-8-7-18(28-19)13-5-6-16(23)17(24)10-13/h1-8,10-11H,9H2,(H,25,26,27). The number of halogens is 3. The Labute approximate surface area is 186 Å². The molecule has 0 spiro atoms. The second kappa shape index (κ2) is 8.59. The van der Waals surface area contributed by atoms with E-state index < -0.39 is 0 Å². The van der Waals surface area contributed by atoms with E-state index in [1.807, 2.05) is 24.3 Å². The number of nitrogens with zero attached hydrogens (tertiary/aromatic N) is 1. The zero-order valence-electron chi connectivity index (χ0n) is 14.8. The van der Waals surface area contributed by atoms with Crippen LogP contribution < -0.4 is 5.32 Å². The molecule has 29 heavy (non-hydrogen) atoms. The van der Waals surface area contributed by atoms with Gasteiger partial charge < -0.3 is 4.42 Å². The van der Waals surface area contributed by atoms with E-state index in [0.717, 1.165) is 16.0 Å². The van der Waals surface area contributed by atoms with Crippen molar-refractivity contribution in [1.29, 1.82) is 0 Å². The van der Waals surface area contributed by atoms with Crippen molar-refractivity contribution >= 4 is 57.2 Å². The van der Waals surface area contributed by atoms with Crippen molar-refractivity contribution < 1.29 is 9.21 Å². The van der Waals surface area contributed by atoms with Crippen LogP contribution in [0.25, 0.3) is 11.3 Å². The van der Waals surface area contributed by atoms with Crippen molar-refractivity contribution in [2.75, 3.05) is 5.32 Å². The molecule has 0 atom stereocenters. The van der Waals surface area contributed by atoms with Crippen molar-refractivity contribution in [3.63, 3.8) is 0 Å². The second-order valence-corrected chi connectivity index (χ2v) is 8.48. The molecule has 0 aliphatic carbocycles. The third-order valence-electron chi connectivity index (χ3n) is 4.13. The van der Waals surface area contributed by atoms with Gasteiger partial charge in [0.25, 0.3) is 5.91 Å². The zero-order valence-corrected chi connectivity index (χ0v) is 17.9. The van der Waals surface area contributed by atoms with Crippen LogP contribution >= 0.6 is 46.1 Å². The number of hydrogen-bond acceptors (Lipinski definition) is 4. The van der Waals surface area contributed by atoms with Gasteiger partial charge in [-0.2, -0.15) is 0 Å². The number of furan rings is 1. The number of anilines is 1. The first-order chi connectivity index (χ1) is 14.0. The highest BCUT2D eigenvalue weighted by atomic mass is 35.5. The third-order valence-corrected chi connectivity index (χ3v) is 6.15. The van der Waals surface area contributed by atoms with E-state index in [1.165, 1.54) is 11.3 Å². The van der Waals surface area contributed by atoms with Crippen molar-refractivity contribution in [3.05, 3.63) is 92.1 Å². The van der Waals surface area contributed by atoms with Gasteiger partial charge in [-0.05, 0) is 42.0 Å². The summed E-state index contributed by atoms with van der Waals surface area (Å²) in [5.41, 5.74) is 1.74. The quantitative estimate of drug-likeness (QED) is 0.340. The summed E-state index contributed by atoms with van der Waals surface area (Å²) in [6.45, 7) is 0. The number of carbonyl (C=O) groups is 1. The van der Waals surface area contributed by atoms with E-state index in [2.05, 4.69) is 10.3 Å². The van der Waals surface area contributed by atoms with Crippen LogP contribution in [0.1, 0.15) is 21.0 Å². The minimum Gasteiger partial charge on any atom is -0.451 e. The van der Waals surface area contributed by atoms with Crippen LogP contribution in [0, 0.1) is 0 Å². The molecule has 0 fully saturated rings. The predicted octanol–water partition coefficient (Wildman–Crippen LogP) is 7.21. The molecule has 4 rings (SSSR count). The second-order valence-electron chi connectivity index (χ2n) is 6.15. The molecule has 8 heteroatoms. The molecule has 2 heterocycles. The van der Waals surface area contributed by atoms with E-state index in [0.29, 0.717) is 32.4 Å². The Morgan fingerprint density at radius 3 is 2.62 bits per heavy atom. The number of rotatable bonds is 5. The van der Waals surface area contributed by atoms with Crippen LogP contribution in [0.3, 0.4) is 0 Å². The number of nitrogens with one attached hydrogen (secondary N) is 1. The van der Waals surface area contributed by atoms with Gasteiger partial charge in [-0.25, -0.2) is 4.98 Å². The van der Waals surface area contributed by atoms with Gasteiger partial charge in [-0.15, -0.1) is 11.3 Å². The SMILES string of the molecule is O=C(Nc1ncc(Cc2ccccc2Cl)s1)c1ccc(-c2ccc(Cl)c(Cl)c2)o1. The highest BCUT2D eigenvalue weighted by Gasteiger charge is 2.15. The lowest BCUT2D eigenvalue weighted by atomic mass is 10.1. The Bertz CT molecular complexity index is 1190. The Kier molecular flexibility index (Phi) is 5.92. The molecule has 2 aromatic carbocycles. The Morgan fingerprint density at radius 1 is 1.00 bits per heavy atom. The molecule has 0 unspecified atom stereocenters. The number of thiazole rings is 1. The lowest BCUT2D eigenvalue weighted by Gasteiger charge is -2.01. The lowest BCUT2D eigenvalue weighted by Crippen LogP contribution is -2.10. The first-order valence-corrected chi connectivity index (χ1v) is 10.5. The highest BCUT2D eigenvalue weighted by Crippen LogP contribution is 2.30. The average molecular weight is 464 g/mol. The maximum Gasteiger partial charge on any atom is 0.293 e. The van der Waals surface area contributed by atoms with Gasteiger partial charge in [-0.1, -0.05) is 53.0 Å². The van der Waals surface area contributed by atoms with Gasteiger partial charge in [0.05, 0.1) is 10.0 Å². The van der Waals surface area contributed by atoms with Crippen molar-refractivity contribution in [1.82, 2.24) is 4.98 Å². The average Bonchev–Trinajstić information content (AvgIpc) is 3.36. The largest absolute Gasteiger partial charge is 0.451 e. The molecule has 0 bridgehead atoms. The minimum atomic E-state index is -0.380. The monoisotopic (exact) mass is 462 g/mol. The molecular formula is C21H13Cl3N2O2S. The fourth-order valence-corrected chi connectivity index (χ4v) is 4.03. The molecule has 4 aromatic rings. The van der Waals surface area contributed by atoms with Crippen LogP contribution in [0.4, 0.5) is 5.13 Å². The Balaban J connectivity index is 1.45. The van der Waals surface area contributed by atoms with Crippen molar-refractivity contribution in [2.24, 2.45) is 0 Å². The highest BCUT2D eigenvalue weighted by molar-refractivity contribution is 7.15. The number of amides is 1. The summed E-state index contributed by atoms with van der Waals surface area (Å²) < 4.78 is 5.66. The summed E-state index contributed by atoms with van der Waals surface area (Å²) in [4.78, 5) is 17.7. The third kappa shape index (κ3) is 4.65. The van der Waals surface area contributed by atoms with Gasteiger partial charge >= 0.3 is 0 Å². The van der Waals surface area contributed by atoms with E-state index in [-0.39, 0.29) is 11.7 Å². The summed E-state index contributed by atoms with van der Waals surface area (Å²) in [7, 11) is 0. The predicted molar refractivity (Wildman–Crippen MR) is 118 cm³/mol. The first kappa shape index (κ1) is 20.0. The number of aromatic nitrogens is 1. The van der Waals surface area contributed by atoms with E-state index in [4.69, 9.17) is 39.2 Å². The summed E-state index contributed by atoms with van der Waals surface area (Å²) >= 11 is 19.6. The normalized spacial score (nSPS) is 10.9. The first-order valence-electron chi connectivity index (χ1n) is 8.54. The smallest absolute Gasteiger partial charge is 0.293 e. The molecule has 146 valence electrons. The summed E-state index contributed by atoms with van der Waals surface area (Å²) in [6.07, 6.45) is 2.38. The van der Waals surface area contributed by atoms with Crippen LogP contribution in [0.15, 0.2) is 65.2 Å². The maximum absolute atomic E-state index is 12.5. The Hall–Kier alpha value is -2.31. The lowest BCUT2D eigenvalue weighted by molar-refractivity contribution is 0.0997. The molecule has 2 aromatic heterocycles. The van der Waals surface area contributed by atoms with Gasteiger partial charge in [0.2, 0.25) is 0 Å². The molecule has 0 aliphatic heterocycles. The van der Waals surface area contributed by atoms with Gasteiger partial charge in [0.1, 0.15) is 5.76 Å². The summed E-state index contributed by atoms with van der Waals surface area (Å²) in [6, 6.07) is 16.1. The minimum absolute atomic E-state index is 0.175. The van der Waals surface area contributed by atoms with Crippen LogP contribution in [0.5, 0.6) is 0 Å². The molecule has 4 nitrogen and oxygen atoms in total. The topological polar surface area (TPSA) is 55.1 Å². The van der Waals surface area contributed by atoms with Crippen LogP contribution in [-0.4, -0.2) is 10.9 Å².